The number of rotatable bonds is 4. The third-order valence-corrected chi connectivity index (χ3v) is 4.26. The normalized spacial score (nSPS) is 25.4. The summed E-state index contributed by atoms with van der Waals surface area (Å²) in [5, 5.41) is 3.45. The van der Waals surface area contributed by atoms with Gasteiger partial charge in [-0.1, -0.05) is 32.9 Å². The Morgan fingerprint density at radius 1 is 1.17 bits per heavy atom. The van der Waals surface area contributed by atoms with Gasteiger partial charge in [0, 0.05) is 24.8 Å². The van der Waals surface area contributed by atoms with Gasteiger partial charge in [0.1, 0.15) is 0 Å². The van der Waals surface area contributed by atoms with Crippen molar-refractivity contribution in [3.8, 4) is 0 Å². The Hall–Kier alpha value is -1.02. The van der Waals surface area contributed by atoms with Crippen LogP contribution >= 0.6 is 0 Å². The molecule has 2 heteroatoms. The van der Waals surface area contributed by atoms with Crippen LogP contribution in [0.15, 0.2) is 24.3 Å². The van der Waals surface area contributed by atoms with Gasteiger partial charge < -0.3 is 10.2 Å². The molecule has 100 valence electrons. The van der Waals surface area contributed by atoms with Crippen LogP contribution in [0, 0.1) is 11.8 Å². The first-order valence-corrected chi connectivity index (χ1v) is 7.20. The molecule has 2 rings (SSSR count). The van der Waals surface area contributed by atoms with Crippen molar-refractivity contribution in [3.05, 3.63) is 29.8 Å². The van der Waals surface area contributed by atoms with E-state index in [-0.39, 0.29) is 0 Å². The van der Waals surface area contributed by atoms with Gasteiger partial charge in [-0.05, 0) is 43.0 Å². The van der Waals surface area contributed by atoms with Crippen molar-refractivity contribution in [1.29, 1.82) is 0 Å². The topological polar surface area (TPSA) is 15.3 Å². The Morgan fingerprint density at radius 3 is 2.22 bits per heavy atom. The Kier molecular flexibility index (Phi) is 4.28. The quantitative estimate of drug-likeness (QED) is 0.875. The molecular formula is C16H26N2. The van der Waals surface area contributed by atoms with Gasteiger partial charge in [-0.25, -0.2) is 0 Å². The van der Waals surface area contributed by atoms with Crippen molar-refractivity contribution < 1.29 is 0 Å². The molecule has 3 unspecified atom stereocenters. The molecule has 1 aromatic carbocycles. The fourth-order valence-corrected chi connectivity index (χ4v) is 2.74. The fourth-order valence-electron chi connectivity index (χ4n) is 2.74. The molecule has 1 aliphatic rings. The lowest BCUT2D eigenvalue weighted by Gasteiger charge is -2.20. The van der Waals surface area contributed by atoms with Crippen molar-refractivity contribution >= 4 is 5.69 Å². The van der Waals surface area contributed by atoms with Gasteiger partial charge in [0.15, 0.2) is 0 Å². The standard InChI is InChI=1S/C16H26N2/c1-5-17-14(4)15-6-8-16(9-7-15)18-10-12(2)13(3)11-18/h6-9,12-14,17H,5,10-11H2,1-4H3. The average Bonchev–Trinajstić information content (AvgIpc) is 2.70. The molecule has 18 heavy (non-hydrogen) atoms. The minimum Gasteiger partial charge on any atom is -0.371 e. The molecule has 0 saturated carbocycles. The van der Waals surface area contributed by atoms with E-state index in [9.17, 15) is 0 Å². The van der Waals surface area contributed by atoms with Crippen LogP contribution in [-0.2, 0) is 0 Å². The highest BCUT2D eigenvalue weighted by atomic mass is 15.2. The highest BCUT2D eigenvalue weighted by Gasteiger charge is 2.25. The maximum atomic E-state index is 3.45. The SMILES string of the molecule is CCNC(C)c1ccc(N2CC(C)C(C)C2)cc1. The lowest BCUT2D eigenvalue weighted by atomic mass is 10.0. The van der Waals surface area contributed by atoms with Crippen LogP contribution in [0.1, 0.15) is 39.3 Å². The number of benzene rings is 1. The van der Waals surface area contributed by atoms with E-state index in [0.717, 1.165) is 18.4 Å². The summed E-state index contributed by atoms with van der Waals surface area (Å²) in [4.78, 5) is 2.51. The van der Waals surface area contributed by atoms with Crippen molar-refractivity contribution in [1.82, 2.24) is 5.32 Å². The minimum atomic E-state index is 0.445. The van der Waals surface area contributed by atoms with E-state index in [1.165, 1.54) is 24.3 Å². The molecule has 0 aromatic heterocycles. The van der Waals surface area contributed by atoms with Gasteiger partial charge in [-0.3, -0.25) is 0 Å². The van der Waals surface area contributed by atoms with E-state index < -0.39 is 0 Å². The van der Waals surface area contributed by atoms with Crippen LogP contribution in [0.5, 0.6) is 0 Å². The van der Waals surface area contributed by atoms with Crippen molar-refractivity contribution in [2.75, 3.05) is 24.5 Å². The molecular weight excluding hydrogens is 220 g/mol. The maximum Gasteiger partial charge on any atom is 0.0366 e. The summed E-state index contributed by atoms with van der Waals surface area (Å²) in [6.45, 7) is 12.5. The summed E-state index contributed by atoms with van der Waals surface area (Å²) in [6.07, 6.45) is 0. The zero-order valence-electron chi connectivity index (χ0n) is 12.1. The first-order valence-electron chi connectivity index (χ1n) is 7.20. The maximum absolute atomic E-state index is 3.45. The lowest BCUT2D eigenvalue weighted by Crippen LogP contribution is -2.20. The van der Waals surface area contributed by atoms with E-state index in [1.54, 1.807) is 0 Å². The Labute approximate surface area is 111 Å². The molecule has 0 radical (unpaired) electrons. The van der Waals surface area contributed by atoms with Gasteiger partial charge in [0.05, 0.1) is 0 Å². The number of hydrogen-bond donors (Lipinski definition) is 1. The smallest absolute Gasteiger partial charge is 0.0366 e. The third-order valence-electron chi connectivity index (χ3n) is 4.26. The second kappa shape index (κ2) is 5.75. The Morgan fingerprint density at radius 2 is 1.72 bits per heavy atom. The van der Waals surface area contributed by atoms with E-state index in [0.29, 0.717) is 6.04 Å². The van der Waals surface area contributed by atoms with Crippen LogP contribution in [0.25, 0.3) is 0 Å². The zero-order valence-corrected chi connectivity index (χ0v) is 12.1. The predicted octanol–water partition coefficient (Wildman–Crippen LogP) is 3.45. The summed E-state index contributed by atoms with van der Waals surface area (Å²) in [5.41, 5.74) is 2.75. The molecule has 1 aliphatic heterocycles. The second-order valence-electron chi connectivity index (χ2n) is 5.73. The molecule has 2 nitrogen and oxygen atoms in total. The molecule has 0 bridgehead atoms. The van der Waals surface area contributed by atoms with Crippen LogP contribution in [0.3, 0.4) is 0 Å². The first-order chi connectivity index (χ1) is 8.61. The highest BCUT2D eigenvalue weighted by Crippen LogP contribution is 2.28. The van der Waals surface area contributed by atoms with E-state index in [1.807, 2.05) is 0 Å². The van der Waals surface area contributed by atoms with Crippen LogP contribution < -0.4 is 10.2 Å². The molecule has 0 spiro atoms. The molecule has 1 N–H and O–H groups in total. The summed E-state index contributed by atoms with van der Waals surface area (Å²) in [7, 11) is 0. The van der Waals surface area contributed by atoms with E-state index in [2.05, 4.69) is 62.2 Å². The number of nitrogens with zero attached hydrogens (tertiary/aromatic N) is 1. The van der Waals surface area contributed by atoms with Crippen LogP contribution in [0.2, 0.25) is 0 Å². The third kappa shape index (κ3) is 2.86. The molecule has 1 fully saturated rings. The number of hydrogen-bond acceptors (Lipinski definition) is 2. The molecule has 0 amide bonds. The summed E-state index contributed by atoms with van der Waals surface area (Å²) >= 11 is 0. The Balaban J connectivity index is 2.04. The number of nitrogens with one attached hydrogen (secondary N) is 1. The van der Waals surface area contributed by atoms with Crippen molar-refractivity contribution in [2.24, 2.45) is 11.8 Å². The monoisotopic (exact) mass is 246 g/mol. The van der Waals surface area contributed by atoms with Crippen LogP contribution in [0.4, 0.5) is 5.69 Å². The molecule has 1 heterocycles. The van der Waals surface area contributed by atoms with Gasteiger partial charge >= 0.3 is 0 Å². The minimum absolute atomic E-state index is 0.445. The van der Waals surface area contributed by atoms with Crippen molar-refractivity contribution in [2.45, 2.75) is 33.7 Å². The molecule has 1 saturated heterocycles. The van der Waals surface area contributed by atoms with Crippen molar-refractivity contribution in [3.63, 3.8) is 0 Å². The lowest BCUT2D eigenvalue weighted by molar-refractivity contribution is 0.494. The summed E-state index contributed by atoms with van der Waals surface area (Å²) in [5.74, 6) is 1.62. The second-order valence-corrected chi connectivity index (χ2v) is 5.73. The number of anilines is 1. The Bertz CT molecular complexity index is 361. The predicted molar refractivity (Wildman–Crippen MR) is 79.1 cm³/mol. The first kappa shape index (κ1) is 13.4. The molecule has 1 aromatic rings. The summed E-state index contributed by atoms with van der Waals surface area (Å²) < 4.78 is 0. The van der Waals surface area contributed by atoms with E-state index in [4.69, 9.17) is 0 Å². The van der Waals surface area contributed by atoms with Gasteiger partial charge in [0.25, 0.3) is 0 Å². The van der Waals surface area contributed by atoms with Gasteiger partial charge in [-0.15, -0.1) is 0 Å². The van der Waals surface area contributed by atoms with Gasteiger partial charge in [-0.2, -0.15) is 0 Å². The largest absolute Gasteiger partial charge is 0.371 e. The van der Waals surface area contributed by atoms with Gasteiger partial charge in [0.2, 0.25) is 0 Å². The molecule has 0 aliphatic carbocycles. The van der Waals surface area contributed by atoms with Crippen LogP contribution in [-0.4, -0.2) is 19.6 Å². The molecule has 3 atom stereocenters. The zero-order chi connectivity index (χ0) is 13.1. The summed E-state index contributed by atoms with van der Waals surface area (Å²) in [6, 6.07) is 9.51. The fraction of sp³-hybridized carbons (Fsp3) is 0.625. The van der Waals surface area contributed by atoms with E-state index >= 15 is 0 Å². The average molecular weight is 246 g/mol. The highest BCUT2D eigenvalue weighted by molar-refractivity contribution is 5.49.